The minimum absolute atomic E-state index is 0.0736. The molecule has 1 saturated heterocycles. The molecule has 1 aromatic rings. The maximum Gasteiger partial charge on any atom is 0.0483 e. The van der Waals surface area contributed by atoms with Crippen LogP contribution < -0.4 is 5.73 Å². The quantitative estimate of drug-likeness (QED) is 0.890. The highest BCUT2D eigenvalue weighted by atomic mass is 16.5. The lowest BCUT2D eigenvalue weighted by Gasteiger charge is -2.27. The van der Waals surface area contributed by atoms with E-state index in [4.69, 9.17) is 10.5 Å². The van der Waals surface area contributed by atoms with Crippen molar-refractivity contribution < 1.29 is 4.74 Å². The molecule has 0 spiro atoms. The van der Waals surface area contributed by atoms with Crippen molar-refractivity contribution in [1.82, 2.24) is 0 Å². The first-order valence-corrected chi connectivity index (χ1v) is 7.04. The average molecular weight is 247 g/mol. The van der Waals surface area contributed by atoms with Crippen molar-refractivity contribution in [3.05, 3.63) is 35.4 Å². The van der Waals surface area contributed by atoms with Gasteiger partial charge in [0.15, 0.2) is 0 Å². The standard InChI is InChI=1S/C16H25NO/c1-13(2)15-6-4-14(5-7-15)12-16(17)8-3-10-18-11-9-16/h4-7,13H,3,8-12,17H2,1-2H3. The zero-order chi connectivity index (χ0) is 13.0. The van der Waals surface area contributed by atoms with Gasteiger partial charge < -0.3 is 10.5 Å². The Labute approximate surface area is 111 Å². The summed E-state index contributed by atoms with van der Waals surface area (Å²) in [4.78, 5) is 0. The summed E-state index contributed by atoms with van der Waals surface area (Å²) in [6, 6.07) is 8.93. The molecule has 1 aliphatic rings. The van der Waals surface area contributed by atoms with Crippen LogP contribution in [-0.4, -0.2) is 18.8 Å². The predicted octanol–water partition coefficient (Wildman–Crippen LogP) is 3.25. The van der Waals surface area contributed by atoms with E-state index in [1.165, 1.54) is 11.1 Å². The Morgan fingerprint density at radius 2 is 1.89 bits per heavy atom. The molecular weight excluding hydrogens is 222 g/mol. The fourth-order valence-electron chi connectivity index (χ4n) is 2.63. The molecule has 0 amide bonds. The minimum atomic E-state index is -0.0736. The number of rotatable bonds is 3. The lowest BCUT2D eigenvalue weighted by Crippen LogP contribution is -2.42. The first-order chi connectivity index (χ1) is 8.59. The lowest BCUT2D eigenvalue weighted by molar-refractivity contribution is 0.139. The number of ether oxygens (including phenoxy) is 1. The summed E-state index contributed by atoms with van der Waals surface area (Å²) in [6.07, 6.45) is 4.09. The van der Waals surface area contributed by atoms with Gasteiger partial charge in [-0.1, -0.05) is 38.1 Å². The van der Waals surface area contributed by atoms with E-state index in [1.54, 1.807) is 0 Å². The molecule has 18 heavy (non-hydrogen) atoms. The fraction of sp³-hybridized carbons (Fsp3) is 0.625. The zero-order valence-corrected chi connectivity index (χ0v) is 11.6. The largest absolute Gasteiger partial charge is 0.381 e. The van der Waals surface area contributed by atoms with Crippen LogP contribution in [0.25, 0.3) is 0 Å². The predicted molar refractivity (Wildman–Crippen MR) is 75.8 cm³/mol. The first kappa shape index (κ1) is 13.6. The maximum atomic E-state index is 6.51. The average Bonchev–Trinajstić information content (AvgIpc) is 2.55. The Morgan fingerprint density at radius 1 is 1.17 bits per heavy atom. The molecule has 2 N–H and O–H groups in total. The van der Waals surface area contributed by atoms with Gasteiger partial charge in [0.25, 0.3) is 0 Å². The zero-order valence-electron chi connectivity index (χ0n) is 11.6. The third-order valence-corrected chi connectivity index (χ3v) is 3.91. The molecule has 2 nitrogen and oxygen atoms in total. The molecular formula is C16H25NO. The van der Waals surface area contributed by atoms with Crippen LogP contribution in [0.4, 0.5) is 0 Å². The van der Waals surface area contributed by atoms with Crippen LogP contribution >= 0.6 is 0 Å². The van der Waals surface area contributed by atoms with Crippen LogP contribution in [0.1, 0.15) is 50.2 Å². The molecule has 0 bridgehead atoms. The van der Waals surface area contributed by atoms with Gasteiger partial charge in [-0.05, 0) is 42.7 Å². The third-order valence-electron chi connectivity index (χ3n) is 3.91. The Kier molecular flexibility index (Phi) is 4.41. The van der Waals surface area contributed by atoms with Crippen molar-refractivity contribution in [1.29, 1.82) is 0 Å². The van der Waals surface area contributed by atoms with Gasteiger partial charge in [0.2, 0.25) is 0 Å². The van der Waals surface area contributed by atoms with Crippen molar-refractivity contribution in [2.45, 2.75) is 51.0 Å². The van der Waals surface area contributed by atoms with Gasteiger partial charge >= 0.3 is 0 Å². The van der Waals surface area contributed by atoms with Crippen LogP contribution in [0.15, 0.2) is 24.3 Å². The highest BCUT2D eigenvalue weighted by molar-refractivity contribution is 5.26. The fourth-order valence-corrected chi connectivity index (χ4v) is 2.63. The Bertz CT molecular complexity index is 361. The molecule has 1 heterocycles. The molecule has 0 aromatic heterocycles. The molecule has 1 unspecified atom stereocenters. The van der Waals surface area contributed by atoms with E-state index in [-0.39, 0.29) is 5.54 Å². The third kappa shape index (κ3) is 3.56. The molecule has 100 valence electrons. The van der Waals surface area contributed by atoms with Crippen LogP contribution in [0, 0.1) is 0 Å². The van der Waals surface area contributed by atoms with E-state index in [2.05, 4.69) is 38.1 Å². The van der Waals surface area contributed by atoms with E-state index in [1.807, 2.05) is 0 Å². The van der Waals surface area contributed by atoms with Gasteiger partial charge in [-0.25, -0.2) is 0 Å². The van der Waals surface area contributed by atoms with E-state index < -0.39 is 0 Å². The van der Waals surface area contributed by atoms with Gasteiger partial charge in [-0.3, -0.25) is 0 Å². The first-order valence-electron chi connectivity index (χ1n) is 7.04. The van der Waals surface area contributed by atoms with E-state index >= 15 is 0 Å². The van der Waals surface area contributed by atoms with Crippen LogP contribution in [0.2, 0.25) is 0 Å². The van der Waals surface area contributed by atoms with Crippen molar-refractivity contribution in [2.75, 3.05) is 13.2 Å². The second-order valence-corrected chi connectivity index (χ2v) is 5.90. The molecule has 2 rings (SSSR count). The molecule has 0 radical (unpaired) electrons. The Hall–Kier alpha value is -0.860. The summed E-state index contributed by atoms with van der Waals surface area (Å²) in [5.74, 6) is 0.595. The molecule has 0 aliphatic carbocycles. The van der Waals surface area contributed by atoms with E-state index in [0.29, 0.717) is 5.92 Å². The Balaban J connectivity index is 2.03. The van der Waals surface area contributed by atoms with Crippen molar-refractivity contribution >= 4 is 0 Å². The SMILES string of the molecule is CC(C)c1ccc(CC2(N)CCCOCC2)cc1. The highest BCUT2D eigenvalue weighted by Crippen LogP contribution is 2.24. The monoisotopic (exact) mass is 247 g/mol. The van der Waals surface area contributed by atoms with Gasteiger partial charge in [0.1, 0.15) is 0 Å². The van der Waals surface area contributed by atoms with Gasteiger partial charge in [0.05, 0.1) is 0 Å². The number of nitrogens with two attached hydrogens (primary N) is 1. The molecule has 1 atom stereocenters. The summed E-state index contributed by atoms with van der Waals surface area (Å²) >= 11 is 0. The molecule has 1 fully saturated rings. The van der Waals surface area contributed by atoms with Crippen molar-refractivity contribution in [2.24, 2.45) is 5.73 Å². The summed E-state index contributed by atoms with van der Waals surface area (Å²) in [5.41, 5.74) is 9.18. The number of hydrogen-bond donors (Lipinski definition) is 1. The van der Waals surface area contributed by atoms with Crippen molar-refractivity contribution in [3.8, 4) is 0 Å². The topological polar surface area (TPSA) is 35.2 Å². The summed E-state index contributed by atoms with van der Waals surface area (Å²) in [7, 11) is 0. The van der Waals surface area contributed by atoms with Gasteiger partial charge in [-0.15, -0.1) is 0 Å². The second kappa shape index (κ2) is 5.85. The maximum absolute atomic E-state index is 6.51. The second-order valence-electron chi connectivity index (χ2n) is 5.90. The van der Waals surface area contributed by atoms with E-state index in [9.17, 15) is 0 Å². The molecule has 0 saturated carbocycles. The lowest BCUT2D eigenvalue weighted by atomic mass is 9.85. The molecule has 2 heteroatoms. The molecule has 1 aromatic carbocycles. The summed E-state index contributed by atoms with van der Waals surface area (Å²) < 4.78 is 5.50. The number of hydrogen-bond acceptors (Lipinski definition) is 2. The van der Waals surface area contributed by atoms with Crippen molar-refractivity contribution in [3.63, 3.8) is 0 Å². The highest BCUT2D eigenvalue weighted by Gasteiger charge is 2.26. The van der Waals surface area contributed by atoms with Crippen LogP contribution in [-0.2, 0) is 11.2 Å². The van der Waals surface area contributed by atoms with Gasteiger partial charge in [-0.2, -0.15) is 0 Å². The van der Waals surface area contributed by atoms with Crippen LogP contribution in [0.5, 0.6) is 0 Å². The van der Waals surface area contributed by atoms with Crippen LogP contribution in [0.3, 0.4) is 0 Å². The summed E-state index contributed by atoms with van der Waals surface area (Å²) in [5, 5.41) is 0. The molecule has 1 aliphatic heterocycles. The minimum Gasteiger partial charge on any atom is -0.381 e. The van der Waals surface area contributed by atoms with Gasteiger partial charge in [0, 0.05) is 18.8 Å². The van der Waals surface area contributed by atoms with E-state index in [0.717, 1.165) is 38.9 Å². The Morgan fingerprint density at radius 3 is 2.56 bits per heavy atom. The smallest absolute Gasteiger partial charge is 0.0483 e. The summed E-state index contributed by atoms with van der Waals surface area (Å²) in [6.45, 7) is 6.12. The number of benzene rings is 1. The normalized spacial score (nSPS) is 25.1.